The smallest absolute Gasteiger partial charge is 0.240 e. The van der Waals surface area contributed by atoms with E-state index in [9.17, 15) is 18.3 Å². The molecule has 0 atom stereocenters. The molecule has 0 saturated carbocycles. The number of rotatable bonds is 6. The van der Waals surface area contributed by atoms with E-state index in [-0.39, 0.29) is 16.4 Å². The van der Waals surface area contributed by atoms with Crippen LogP contribution in [0.15, 0.2) is 53.4 Å². The summed E-state index contributed by atoms with van der Waals surface area (Å²) in [5.41, 5.74) is 0.995. The zero-order valence-electron chi connectivity index (χ0n) is 13.2. The molecule has 0 fully saturated rings. The van der Waals surface area contributed by atoms with Crippen LogP contribution in [0, 0.1) is 0 Å². The number of carbonyl (C=O) groups is 1. The predicted molar refractivity (Wildman–Crippen MR) is 90.7 cm³/mol. The SMILES string of the molecule is CNS(=O)(=O)c1ccc(C(=O)/C=C/c2ccc(OC)c(O)c2)cc1. The zero-order valence-corrected chi connectivity index (χ0v) is 14.0. The molecule has 0 heterocycles. The van der Waals surface area contributed by atoms with Crippen molar-refractivity contribution in [1.29, 1.82) is 0 Å². The highest BCUT2D eigenvalue weighted by atomic mass is 32.2. The molecule has 24 heavy (non-hydrogen) atoms. The average Bonchev–Trinajstić information content (AvgIpc) is 2.60. The van der Waals surface area contributed by atoms with Crippen molar-refractivity contribution in [2.75, 3.05) is 14.2 Å². The molecule has 0 aliphatic heterocycles. The minimum Gasteiger partial charge on any atom is -0.504 e. The Hall–Kier alpha value is -2.64. The molecular weight excluding hydrogens is 330 g/mol. The molecule has 0 aliphatic carbocycles. The van der Waals surface area contributed by atoms with E-state index in [0.717, 1.165) is 0 Å². The van der Waals surface area contributed by atoms with Gasteiger partial charge in [-0.15, -0.1) is 0 Å². The summed E-state index contributed by atoms with van der Waals surface area (Å²) in [6, 6.07) is 10.4. The lowest BCUT2D eigenvalue weighted by molar-refractivity contribution is 0.104. The predicted octanol–water partition coefficient (Wildman–Crippen LogP) is 2.21. The van der Waals surface area contributed by atoms with Crippen molar-refractivity contribution >= 4 is 21.9 Å². The second-order valence-electron chi connectivity index (χ2n) is 4.86. The summed E-state index contributed by atoms with van der Waals surface area (Å²) >= 11 is 0. The quantitative estimate of drug-likeness (QED) is 0.617. The van der Waals surface area contributed by atoms with Crippen molar-refractivity contribution in [2.45, 2.75) is 4.90 Å². The molecule has 0 radical (unpaired) electrons. The Morgan fingerprint density at radius 3 is 2.38 bits per heavy atom. The summed E-state index contributed by atoms with van der Waals surface area (Å²) in [6.07, 6.45) is 2.91. The van der Waals surface area contributed by atoms with E-state index in [1.807, 2.05) is 0 Å². The topological polar surface area (TPSA) is 92.7 Å². The number of phenolic OH excluding ortho intramolecular Hbond substituents is 1. The molecule has 0 spiro atoms. The van der Waals surface area contributed by atoms with E-state index in [1.165, 1.54) is 50.6 Å². The van der Waals surface area contributed by atoms with Crippen molar-refractivity contribution in [3.05, 3.63) is 59.7 Å². The second kappa shape index (κ2) is 7.29. The molecule has 0 unspecified atom stereocenters. The Bertz CT molecular complexity index is 870. The number of sulfonamides is 1. The van der Waals surface area contributed by atoms with Gasteiger partial charge < -0.3 is 9.84 Å². The summed E-state index contributed by atoms with van der Waals surface area (Å²) < 4.78 is 30.4. The van der Waals surface area contributed by atoms with Crippen LogP contribution >= 0.6 is 0 Å². The molecule has 0 aromatic heterocycles. The van der Waals surface area contributed by atoms with Gasteiger partial charge >= 0.3 is 0 Å². The van der Waals surface area contributed by atoms with Gasteiger partial charge in [0.1, 0.15) is 0 Å². The summed E-state index contributed by atoms with van der Waals surface area (Å²) in [4.78, 5) is 12.2. The monoisotopic (exact) mass is 347 g/mol. The van der Waals surface area contributed by atoms with Crippen LogP contribution in [0.4, 0.5) is 0 Å². The number of benzene rings is 2. The second-order valence-corrected chi connectivity index (χ2v) is 6.75. The van der Waals surface area contributed by atoms with Gasteiger partial charge in [-0.1, -0.05) is 12.1 Å². The molecular formula is C17H17NO5S. The number of aromatic hydroxyl groups is 1. The van der Waals surface area contributed by atoms with E-state index in [4.69, 9.17) is 4.74 Å². The normalized spacial score (nSPS) is 11.6. The lowest BCUT2D eigenvalue weighted by Crippen LogP contribution is -2.18. The lowest BCUT2D eigenvalue weighted by Gasteiger charge is -2.04. The van der Waals surface area contributed by atoms with Gasteiger partial charge in [-0.05, 0) is 55.1 Å². The van der Waals surface area contributed by atoms with Gasteiger partial charge in [-0.2, -0.15) is 0 Å². The maximum Gasteiger partial charge on any atom is 0.240 e. The van der Waals surface area contributed by atoms with Crippen LogP contribution < -0.4 is 9.46 Å². The Morgan fingerprint density at radius 1 is 1.17 bits per heavy atom. The van der Waals surface area contributed by atoms with E-state index in [1.54, 1.807) is 18.2 Å². The first-order valence-corrected chi connectivity index (χ1v) is 8.48. The summed E-state index contributed by atoms with van der Waals surface area (Å²) in [6.45, 7) is 0. The Kier molecular flexibility index (Phi) is 5.38. The lowest BCUT2D eigenvalue weighted by atomic mass is 10.1. The van der Waals surface area contributed by atoms with Crippen molar-refractivity contribution in [3.63, 3.8) is 0 Å². The number of phenols is 1. The molecule has 2 rings (SSSR count). The van der Waals surface area contributed by atoms with Gasteiger partial charge in [-0.3, -0.25) is 4.79 Å². The van der Waals surface area contributed by atoms with Gasteiger partial charge in [0.2, 0.25) is 10.0 Å². The molecule has 7 heteroatoms. The Labute approximate surface area is 140 Å². The van der Waals surface area contributed by atoms with E-state index < -0.39 is 10.0 Å². The van der Waals surface area contributed by atoms with Gasteiger partial charge in [0.05, 0.1) is 12.0 Å². The standard InChI is InChI=1S/C17H17NO5S/c1-18-24(21,22)14-7-5-13(6-8-14)15(19)9-3-12-4-10-17(23-2)16(20)11-12/h3-11,18,20H,1-2H3/b9-3+. The third kappa shape index (κ3) is 4.01. The minimum absolute atomic E-state index is 0.0197. The van der Waals surface area contributed by atoms with E-state index in [0.29, 0.717) is 16.9 Å². The summed E-state index contributed by atoms with van der Waals surface area (Å²) in [5, 5.41) is 9.70. The third-order valence-electron chi connectivity index (χ3n) is 3.35. The molecule has 2 aromatic carbocycles. The number of hydrogen-bond acceptors (Lipinski definition) is 5. The fourth-order valence-electron chi connectivity index (χ4n) is 2.00. The minimum atomic E-state index is -3.53. The van der Waals surface area contributed by atoms with Crippen LogP contribution in [-0.2, 0) is 10.0 Å². The van der Waals surface area contributed by atoms with Crippen molar-refractivity contribution in [3.8, 4) is 11.5 Å². The number of nitrogens with one attached hydrogen (secondary N) is 1. The first kappa shape index (κ1) is 17.7. The van der Waals surface area contributed by atoms with Gasteiger partial charge in [0.25, 0.3) is 0 Å². The number of ketones is 1. The molecule has 0 amide bonds. The summed E-state index contributed by atoms with van der Waals surface area (Å²) in [7, 11) is -0.755. The van der Waals surface area contributed by atoms with Crippen molar-refractivity contribution < 1.29 is 23.1 Å². The van der Waals surface area contributed by atoms with Crippen LogP contribution in [-0.4, -0.2) is 33.5 Å². The van der Waals surface area contributed by atoms with Gasteiger partial charge in [0.15, 0.2) is 17.3 Å². The fourth-order valence-corrected chi connectivity index (χ4v) is 2.73. The largest absolute Gasteiger partial charge is 0.504 e. The number of ether oxygens (including phenoxy) is 1. The first-order chi connectivity index (χ1) is 11.4. The number of hydrogen-bond donors (Lipinski definition) is 2. The van der Waals surface area contributed by atoms with E-state index >= 15 is 0 Å². The molecule has 0 saturated heterocycles. The first-order valence-electron chi connectivity index (χ1n) is 7.00. The van der Waals surface area contributed by atoms with Gasteiger partial charge in [-0.25, -0.2) is 13.1 Å². The number of allylic oxidation sites excluding steroid dienone is 1. The van der Waals surface area contributed by atoms with Crippen molar-refractivity contribution in [1.82, 2.24) is 4.72 Å². The Morgan fingerprint density at radius 2 is 1.83 bits per heavy atom. The highest BCUT2D eigenvalue weighted by molar-refractivity contribution is 7.89. The van der Waals surface area contributed by atoms with Crippen LogP contribution in [0.3, 0.4) is 0 Å². The third-order valence-corrected chi connectivity index (χ3v) is 4.78. The molecule has 126 valence electrons. The van der Waals surface area contributed by atoms with Crippen LogP contribution in [0.2, 0.25) is 0 Å². The van der Waals surface area contributed by atoms with Crippen LogP contribution in [0.1, 0.15) is 15.9 Å². The molecule has 2 N–H and O–H groups in total. The molecule has 6 nitrogen and oxygen atoms in total. The molecule has 0 bridgehead atoms. The van der Waals surface area contributed by atoms with Gasteiger partial charge in [0, 0.05) is 5.56 Å². The van der Waals surface area contributed by atoms with Crippen LogP contribution in [0.25, 0.3) is 6.08 Å². The maximum absolute atomic E-state index is 12.1. The Balaban J connectivity index is 2.16. The van der Waals surface area contributed by atoms with E-state index in [2.05, 4.69) is 4.72 Å². The average molecular weight is 347 g/mol. The number of carbonyl (C=O) groups excluding carboxylic acids is 1. The fraction of sp³-hybridized carbons (Fsp3) is 0.118. The number of methoxy groups -OCH3 is 1. The zero-order chi connectivity index (χ0) is 17.7. The maximum atomic E-state index is 12.1. The van der Waals surface area contributed by atoms with Crippen molar-refractivity contribution in [2.24, 2.45) is 0 Å². The molecule has 0 aliphatic rings. The van der Waals surface area contributed by atoms with Crippen LogP contribution in [0.5, 0.6) is 11.5 Å². The molecule has 2 aromatic rings. The summed E-state index contributed by atoms with van der Waals surface area (Å²) in [5.74, 6) is 0.0484. The highest BCUT2D eigenvalue weighted by Crippen LogP contribution is 2.26. The highest BCUT2D eigenvalue weighted by Gasteiger charge is 2.11.